The molecule has 0 aliphatic heterocycles. The molecule has 0 saturated heterocycles. The smallest absolute Gasteiger partial charge is 0.383 e. The van der Waals surface area contributed by atoms with Gasteiger partial charge in [0, 0.05) is 0 Å². The van der Waals surface area contributed by atoms with Crippen molar-refractivity contribution >= 4 is 0 Å². The first-order chi connectivity index (χ1) is 13.4. The molecule has 2 rings (SSSR count). The van der Waals surface area contributed by atoms with Gasteiger partial charge < -0.3 is 5.11 Å². The van der Waals surface area contributed by atoms with Gasteiger partial charge >= 0.3 is 12.4 Å². The standard InChI is InChI=1S/C15H2F14O/c16-5-1(6(17)10(21)3(9(5)20)14(24,25)26)13(30)2-7(18)11(22)4(15(27,28)29)12(23)8(2)19/h13,30H. The summed E-state index contributed by atoms with van der Waals surface area (Å²) in [7, 11) is 0. The number of rotatable bonds is 2. The predicted octanol–water partition coefficient (Wildman–Crippen LogP) is 5.92. The second-order valence-corrected chi connectivity index (χ2v) is 5.49. The Labute approximate surface area is 155 Å². The molecule has 2 aromatic carbocycles. The molecule has 0 radical (unpaired) electrons. The average Bonchev–Trinajstić information content (AvgIpc) is 2.56. The molecule has 2 aromatic rings. The van der Waals surface area contributed by atoms with Crippen LogP contribution < -0.4 is 0 Å². The Bertz CT molecular complexity index is 880. The van der Waals surface area contributed by atoms with Crippen molar-refractivity contribution in [1.29, 1.82) is 0 Å². The Balaban J connectivity index is 2.88. The zero-order chi connectivity index (χ0) is 23.5. The molecule has 0 bridgehead atoms. The summed E-state index contributed by atoms with van der Waals surface area (Å²) < 4.78 is 185. The Hall–Kier alpha value is -2.58. The van der Waals surface area contributed by atoms with E-state index in [1.165, 1.54) is 0 Å². The molecule has 15 heteroatoms. The third-order valence-corrected chi connectivity index (χ3v) is 3.71. The van der Waals surface area contributed by atoms with Crippen LogP contribution in [-0.4, -0.2) is 5.11 Å². The maximum absolute atomic E-state index is 13.8. The summed E-state index contributed by atoms with van der Waals surface area (Å²) in [6.45, 7) is 0. The van der Waals surface area contributed by atoms with Crippen LogP contribution >= 0.6 is 0 Å². The molecule has 0 heterocycles. The third kappa shape index (κ3) is 3.54. The minimum absolute atomic E-state index is 2.59. The van der Waals surface area contributed by atoms with Crippen LogP contribution in [0, 0.1) is 46.5 Å². The van der Waals surface area contributed by atoms with Crippen LogP contribution in [0.15, 0.2) is 0 Å². The summed E-state index contributed by atoms with van der Waals surface area (Å²) in [4.78, 5) is 0. The number of aliphatic hydroxyl groups is 1. The number of aliphatic hydroxyl groups excluding tert-OH is 1. The van der Waals surface area contributed by atoms with Gasteiger partial charge in [0.05, 0.1) is 11.1 Å². The van der Waals surface area contributed by atoms with E-state index in [1.807, 2.05) is 0 Å². The highest BCUT2D eigenvalue weighted by Crippen LogP contribution is 2.42. The molecule has 0 saturated carbocycles. The van der Waals surface area contributed by atoms with E-state index in [4.69, 9.17) is 0 Å². The summed E-state index contributed by atoms with van der Waals surface area (Å²) in [6.07, 6.45) is -15.9. The van der Waals surface area contributed by atoms with E-state index in [1.54, 1.807) is 0 Å². The number of alkyl halides is 6. The predicted molar refractivity (Wildman–Crippen MR) is 66.6 cm³/mol. The SMILES string of the molecule is OC(c1c(F)c(F)c(C(F)(F)F)c(F)c1F)c1c(F)c(F)c(C(F)(F)F)c(F)c1F. The molecule has 1 N–H and O–H groups in total. The third-order valence-electron chi connectivity index (χ3n) is 3.71. The van der Waals surface area contributed by atoms with E-state index in [0.29, 0.717) is 0 Å². The summed E-state index contributed by atoms with van der Waals surface area (Å²) in [6, 6.07) is 0. The Kier molecular flexibility index (Phi) is 5.75. The maximum Gasteiger partial charge on any atom is 0.422 e. The van der Waals surface area contributed by atoms with Gasteiger partial charge in [0.2, 0.25) is 0 Å². The summed E-state index contributed by atoms with van der Waals surface area (Å²) in [5.74, 6) is -25.1. The van der Waals surface area contributed by atoms with Crippen LogP contribution in [0.4, 0.5) is 61.5 Å². The van der Waals surface area contributed by atoms with Crippen molar-refractivity contribution in [2.24, 2.45) is 0 Å². The fraction of sp³-hybridized carbons (Fsp3) is 0.200. The molecule has 0 aromatic heterocycles. The van der Waals surface area contributed by atoms with Crippen molar-refractivity contribution in [2.75, 3.05) is 0 Å². The van der Waals surface area contributed by atoms with Gasteiger partial charge in [0.25, 0.3) is 0 Å². The van der Waals surface area contributed by atoms with Crippen LogP contribution in [0.1, 0.15) is 28.4 Å². The molecule has 166 valence electrons. The van der Waals surface area contributed by atoms with Gasteiger partial charge in [-0.05, 0) is 0 Å². The van der Waals surface area contributed by atoms with Gasteiger partial charge in [0.1, 0.15) is 17.2 Å². The Morgan fingerprint density at radius 1 is 0.433 bits per heavy atom. The second-order valence-electron chi connectivity index (χ2n) is 5.49. The van der Waals surface area contributed by atoms with E-state index >= 15 is 0 Å². The zero-order valence-corrected chi connectivity index (χ0v) is 13.3. The highest BCUT2D eigenvalue weighted by atomic mass is 19.4. The zero-order valence-electron chi connectivity index (χ0n) is 13.3. The molecule has 0 amide bonds. The molecule has 0 unspecified atom stereocenters. The fourth-order valence-electron chi connectivity index (χ4n) is 2.42. The molecule has 0 aliphatic carbocycles. The number of hydrogen-bond donors (Lipinski definition) is 1. The topological polar surface area (TPSA) is 20.2 Å². The first-order valence-corrected chi connectivity index (χ1v) is 6.98. The van der Waals surface area contributed by atoms with Crippen molar-refractivity contribution in [3.05, 3.63) is 68.8 Å². The average molecular weight is 464 g/mol. The molecule has 0 spiro atoms. The second kappa shape index (κ2) is 7.28. The van der Waals surface area contributed by atoms with E-state index in [0.717, 1.165) is 0 Å². The molecular formula is C15H2F14O. The number of halogens is 14. The van der Waals surface area contributed by atoms with Crippen LogP contribution in [0.2, 0.25) is 0 Å². The van der Waals surface area contributed by atoms with Crippen LogP contribution in [0.5, 0.6) is 0 Å². The van der Waals surface area contributed by atoms with Crippen molar-refractivity contribution in [1.82, 2.24) is 0 Å². The van der Waals surface area contributed by atoms with Gasteiger partial charge in [-0.1, -0.05) is 0 Å². The van der Waals surface area contributed by atoms with E-state index in [9.17, 15) is 66.6 Å². The summed E-state index contributed by atoms with van der Waals surface area (Å²) in [5, 5.41) is 9.61. The Morgan fingerprint density at radius 2 is 0.633 bits per heavy atom. The minimum atomic E-state index is -6.04. The van der Waals surface area contributed by atoms with Crippen molar-refractivity contribution in [3.63, 3.8) is 0 Å². The number of hydrogen-bond acceptors (Lipinski definition) is 1. The van der Waals surface area contributed by atoms with E-state index in [-0.39, 0.29) is 0 Å². The van der Waals surface area contributed by atoms with Gasteiger partial charge in [-0.25, -0.2) is 35.1 Å². The van der Waals surface area contributed by atoms with E-state index in [2.05, 4.69) is 0 Å². The molecule has 0 atom stereocenters. The monoisotopic (exact) mass is 464 g/mol. The summed E-state index contributed by atoms with van der Waals surface area (Å²) in [5.41, 5.74) is -11.5. The molecule has 1 nitrogen and oxygen atoms in total. The lowest BCUT2D eigenvalue weighted by Crippen LogP contribution is -2.22. The summed E-state index contributed by atoms with van der Waals surface area (Å²) >= 11 is 0. The van der Waals surface area contributed by atoms with Crippen molar-refractivity contribution in [3.8, 4) is 0 Å². The molecule has 30 heavy (non-hydrogen) atoms. The van der Waals surface area contributed by atoms with Crippen molar-refractivity contribution in [2.45, 2.75) is 18.5 Å². The highest BCUT2D eigenvalue weighted by molar-refractivity contribution is 5.41. The normalized spacial score (nSPS) is 12.8. The lowest BCUT2D eigenvalue weighted by Gasteiger charge is -2.20. The van der Waals surface area contributed by atoms with Gasteiger partial charge in [-0.2, -0.15) is 26.3 Å². The Morgan fingerprint density at radius 3 is 0.800 bits per heavy atom. The first kappa shape index (κ1) is 23.7. The highest BCUT2D eigenvalue weighted by Gasteiger charge is 2.46. The molecular weight excluding hydrogens is 462 g/mol. The van der Waals surface area contributed by atoms with E-state index < -0.39 is 87.2 Å². The quantitative estimate of drug-likeness (QED) is 0.433. The number of benzene rings is 2. The van der Waals surface area contributed by atoms with Gasteiger partial charge in [0.15, 0.2) is 46.5 Å². The lowest BCUT2D eigenvalue weighted by atomic mass is 9.95. The van der Waals surface area contributed by atoms with Crippen molar-refractivity contribution < 1.29 is 66.6 Å². The maximum atomic E-state index is 13.8. The van der Waals surface area contributed by atoms with Gasteiger partial charge in [-0.3, -0.25) is 0 Å². The van der Waals surface area contributed by atoms with Crippen LogP contribution in [-0.2, 0) is 12.4 Å². The molecule has 0 fully saturated rings. The minimum Gasteiger partial charge on any atom is -0.383 e. The van der Waals surface area contributed by atoms with Crippen LogP contribution in [0.25, 0.3) is 0 Å². The first-order valence-electron chi connectivity index (χ1n) is 6.98. The largest absolute Gasteiger partial charge is 0.422 e. The van der Waals surface area contributed by atoms with Gasteiger partial charge in [-0.15, -0.1) is 0 Å². The molecule has 0 aliphatic rings. The lowest BCUT2D eigenvalue weighted by molar-refractivity contribution is -0.144. The fourth-order valence-corrected chi connectivity index (χ4v) is 2.42. The van der Waals surface area contributed by atoms with Crippen LogP contribution in [0.3, 0.4) is 0 Å².